The monoisotopic (exact) mass is 268 g/mol. The molecule has 5 heteroatoms. The van der Waals surface area contributed by atoms with Crippen LogP contribution in [0, 0.1) is 0 Å². The van der Waals surface area contributed by atoms with E-state index < -0.39 is 11.7 Å². The van der Waals surface area contributed by atoms with E-state index in [4.69, 9.17) is 9.47 Å². The highest BCUT2D eigenvalue weighted by molar-refractivity contribution is 5.41. The average Bonchev–Trinajstić information content (AvgIpc) is 2.38. The van der Waals surface area contributed by atoms with Crippen molar-refractivity contribution < 1.29 is 22.6 Å². The van der Waals surface area contributed by atoms with Crippen molar-refractivity contribution >= 4 is 0 Å². The number of hydrogen-bond donors (Lipinski definition) is 0. The normalized spacial score (nSPS) is 11.2. The van der Waals surface area contributed by atoms with Crippen molar-refractivity contribution in [2.75, 3.05) is 7.11 Å². The molecule has 100 valence electrons. The summed E-state index contributed by atoms with van der Waals surface area (Å²) in [7, 11) is 1.31. The van der Waals surface area contributed by atoms with E-state index in [0.29, 0.717) is 5.75 Å². The molecule has 0 aliphatic rings. The minimum Gasteiger partial charge on any atom is -0.497 e. The Hall–Kier alpha value is -2.17. The molecule has 2 nitrogen and oxygen atoms in total. The molecule has 0 aliphatic carbocycles. The van der Waals surface area contributed by atoms with Gasteiger partial charge in [0.2, 0.25) is 0 Å². The van der Waals surface area contributed by atoms with Gasteiger partial charge in [0.1, 0.15) is 17.2 Å². The fourth-order valence-electron chi connectivity index (χ4n) is 1.54. The maximum absolute atomic E-state index is 12.7. The van der Waals surface area contributed by atoms with Crippen LogP contribution in [0.25, 0.3) is 0 Å². The summed E-state index contributed by atoms with van der Waals surface area (Å²) < 4.78 is 48.4. The highest BCUT2D eigenvalue weighted by Gasteiger charge is 2.31. The number of hydrogen-bond acceptors (Lipinski definition) is 2. The van der Waals surface area contributed by atoms with Gasteiger partial charge in [-0.2, -0.15) is 13.2 Å². The fourth-order valence-corrected chi connectivity index (χ4v) is 1.54. The van der Waals surface area contributed by atoms with E-state index in [-0.39, 0.29) is 11.5 Å². The molecule has 0 fully saturated rings. The summed E-state index contributed by atoms with van der Waals surface area (Å²) in [5.74, 6) is 0.641. The molecular weight excluding hydrogens is 257 g/mol. The van der Waals surface area contributed by atoms with Gasteiger partial charge in [0.15, 0.2) is 0 Å². The first-order chi connectivity index (χ1) is 8.99. The van der Waals surface area contributed by atoms with Crippen LogP contribution in [0.5, 0.6) is 17.2 Å². The molecule has 0 N–H and O–H groups in total. The van der Waals surface area contributed by atoms with E-state index in [2.05, 4.69) is 0 Å². The van der Waals surface area contributed by atoms with Crippen molar-refractivity contribution in [3.8, 4) is 17.2 Å². The van der Waals surface area contributed by atoms with Crippen LogP contribution in [0.2, 0.25) is 0 Å². The van der Waals surface area contributed by atoms with Gasteiger partial charge < -0.3 is 9.47 Å². The molecule has 0 spiro atoms. The number of ether oxygens (including phenoxy) is 2. The first-order valence-corrected chi connectivity index (χ1v) is 5.48. The van der Waals surface area contributed by atoms with Gasteiger partial charge in [-0.05, 0) is 24.3 Å². The average molecular weight is 268 g/mol. The summed E-state index contributed by atoms with van der Waals surface area (Å²) in [5, 5.41) is 0. The zero-order chi connectivity index (χ0) is 13.9. The number of halogens is 3. The Morgan fingerprint density at radius 2 is 1.47 bits per heavy atom. The Morgan fingerprint density at radius 3 is 2.05 bits per heavy atom. The van der Waals surface area contributed by atoms with Crippen molar-refractivity contribution in [2.45, 2.75) is 6.18 Å². The summed E-state index contributed by atoms with van der Waals surface area (Å²) in [5.41, 5.74) is -0.808. The van der Waals surface area contributed by atoms with E-state index in [1.807, 2.05) is 0 Å². The second-order valence-corrected chi connectivity index (χ2v) is 3.81. The van der Waals surface area contributed by atoms with Crippen LogP contribution in [0.4, 0.5) is 13.2 Å². The molecule has 0 atom stereocenters. The highest BCUT2D eigenvalue weighted by Crippen LogP contribution is 2.36. The third-order valence-corrected chi connectivity index (χ3v) is 2.42. The summed E-state index contributed by atoms with van der Waals surface area (Å²) in [4.78, 5) is 0. The molecule has 2 aromatic carbocycles. The molecule has 0 aromatic heterocycles. The number of rotatable bonds is 3. The van der Waals surface area contributed by atoms with Crippen LogP contribution in [0.15, 0.2) is 48.5 Å². The molecule has 0 saturated heterocycles. The van der Waals surface area contributed by atoms with Crippen molar-refractivity contribution in [3.63, 3.8) is 0 Å². The van der Waals surface area contributed by atoms with Crippen LogP contribution in [0.3, 0.4) is 0 Å². The quantitative estimate of drug-likeness (QED) is 0.815. The lowest BCUT2D eigenvalue weighted by Crippen LogP contribution is -2.05. The second kappa shape index (κ2) is 5.22. The summed E-state index contributed by atoms with van der Waals surface area (Å²) in [6.07, 6.45) is -4.44. The van der Waals surface area contributed by atoms with Gasteiger partial charge in [0, 0.05) is 6.07 Å². The van der Waals surface area contributed by atoms with Crippen LogP contribution in [-0.2, 0) is 6.18 Å². The van der Waals surface area contributed by atoms with Gasteiger partial charge in [-0.15, -0.1) is 0 Å². The van der Waals surface area contributed by atoms with Crippen LogP contribution < -0.4 is 9.47 Å². The van der Waals surface area contributed by atoms with Gasteiger partial charge in [0.05, 0.1) is 12.7 Å². The molecule has 0 bridgehead atoms. The standard InChI is InChI=1S/C14H11F3O2/c1-18-12-7-10(14(15,16)17)8-13(9-12)19-11-5-3-2-4-6-11/h2-9H,1H3. The highest BCUT2D eigenvalue weighted by atomic mass is 19.4. The van der Waals surface area contributed by atoms with Crippen LogP contribution >= 0.6 is 0 Å². The summed E-state index contributed by atoms with van der Waals surface area (Å²) >= 11 is 0. The van der Waals surface area contributed by atoms with Gasteiger partial charge in [-0.3, -0.25) is 0 Å². The predicted octanol–water partition coefficient (Wildman–Crippen LogP) is 4.51. The zero-order valence-corrected chi connectivity index (χ0v) is 10.1. The van der Waals surface area contributed by atoms with Crippen molar-refractivity contribution in [2.24, 2.45) is 0 Å². The Kier molecular flexibility index (Phi) is 3.64. The van der Waals surface area contributed by atoms with Gasteiger partial charge in [-0.25, -0.2) is 0 Å². The first kappa shape index (κ1) is 13.3. The van der Waals surface area contributed by atoms with Gasteiger partial charge in [-0.1, -0.05) is 18.2 Å². The maximum atomic E-state index is 12.7. The second-order valence-electron chi connectivity index (χ2n) is 3.81. The Labute approximate surface area is 108 Å². The largest absolute Gasteiger partial charge is 0.497 e. The fraction of sp³-hybridized carbons (Fsp3) is 0.143. The summed E-state index contributed by atoms with van der Waals surface area (Å²) in [6.45, 7) is 0. The molecule has 0 radical (unpaired) electrons. The van der Waals surface area contributed by atoms with Crippen LogP contribution in [0.1, 0.15) is 5.56 Å². The van der Waals surface area contributed by atoms with E-state index in [1.54, 1.807) is 30.3 Å². The molecule has 0 aliphatic heterocycles. The molecular formula is C14H11F3O2. The van der Waals surface area contributed by atoms with Gasteiger partial charge >= 0.3 is 6.18 Å². The van der Waals surface area contributed by atoms with E-state index in [9.17, 15) is 13.2 Å². The SMILES string of the molecule is COc1cc(Oc2ccccc2)cc(C(F)(F)F)c1. The smallest absolute Gasteiger partial charge is 0.416 e. The Balaban J connectivity index is 2.35. The minimum absolute atomic E-state index is 0.0814. The zero-order valence-electron chi connectivity index (χ0n) is 10.1. The maximum Gasteiger partial charge on any atom is 0.416 e. The summed E-state index contributed by atoms with van der Waals surface area (Å²) in [6, 6.07) is 11.9. The molecule has 2 rings (SSSR count). The van der Waals surface area contributed by atoms with Gasteiger partial charge in [0.25, 0.3) is 0 Å². The van der Waals surface area contributed by atoms with Crippen molar-refractivity contribution in [1.82, 2.24) is 0 Å². The molecule has 0 amide bonds. The molecule has 0 saturated carbocycles. The molecule has 0 heterocycles. The minimum atomic E-state index is -4.44. The lowest BCUT2D eigenvalue weighted by molar-refractivity contribution is -0.137. The van der Waals surface area contributed by atoms with Crippen LogP contribution in [-0.4, -0.2) is 7.11 Å². The molecule has 19 heavy (non-hydrogen) atoms. The van der Waals surface area contributed by atoms with E-state index in [1.165, 1.54) is 13.2 Å². The number of alkyl halides is 3. The molecule has 0 unspecified atom stereocenters. The predicted molar refractivity (Wildman–Crippen MR) is 64.5 cm³/mol. The third kappa shape index (κ3) is 3.40. The lowest BCUT2D eigenvalue weighted by atomic mass is 10.2. The third-order valence-electron chi connectivity index (χ3n) is 2.42. The van der Waals surface area contributed by atoms with Crippen molar-refractivity contribution in [1.29, 1.82) is 0 Å². The Morgan fingerprint density at radius 1 is 0.842 bits per heavy atom. The van der Waals surface area contributed by atoms with E-state index >= 15 is 0 Å². The van der Waals surface area contributed by atoms with Crippen molar-refractivity contribution in [3.05, 3.63) is 54.1 Å². The first-order valence-electron chi connectivity index (χ1n) is 5.48. The van der Waals surface area contributed by atoms with E-state index in [0.717, 1.165) is 12.1 Å². The Bertz CT molecular complexity index is 550. The lowest BCUT2D eigenvalue weighted by Gasteiger charge is -2.12. The number of methoxy groups -OCH3 is 1. The topological polar surface area (TPSA) is 18.5 Å². The molecule has 2 aromatic rings. The number of benzene rings is 2. The number of para-hydroxylation sites is 1.